The molecule has 3 rings (SSSR count). The smallest absolute Gasteiger partial charge is 0.251 e. The van der Waals surface area contributed by atoms with Crippen molar-refractivity contribution in [1.82, 2.24) is 15.5 Å². The summed E-state index contributed by atoms with van der Waals surface area (Å²) in [5.41, 5.74) is 1.45. The summed E-state index contributed by atoms with van der Waals surface area (Å²) in [4.78, 5) is 39.3. The van der Waals surface area contributed by atoms with Gasteiger partial charge < -0.3 is 15.5 Å². The average Bonchev–Trinajstić information content (AvgIpc) is 2.79. The highest BCUT2D eigenvalue weighted by Crippen LogP contribution is 2.21. The molecule has 2 N–H and O–H groups in total. The van der Waals surface area contributed by atoms with Crippen molar-refractivity contribution in [1.29, 1.82) is 0 Å². The number of nitrogens with one attached hydrogen (secondary N) is 2. The zero-order valence-electron chi connectivity index (χ0n) is 17.3. The van der Waals surface area contributed by atoms with E-state index in [4.69, 9.17) is 0 Å². The molecule has 2 aromatic rings. The molecule has 2 atom stereocenters. The highest BCUT2D eigenvalue weighted by Gasteiger charge is 2.27. The Hall–Kier alpha value is -3.15. The maximum atomic E-state index is 13.1. The molecular weight excluding hydrogens is 378 g/mol. The van der Waals surface area contributed by atoms with Crippen LogP contribution in [0, 0.1) is 0 Å². The number of amides is 3. The molecule has 0 aromatic heterocycles. The summed E-state index contributed by atoms with van der Waals surface area (Å²) in [5, 5.41) is 6.01. The van der Waals surface area contributed by atoms with Crippen LogP contribution >= 0.6 is 0 Å². The Morgan fingerprint density at radius 2 is 1.70 bits per heavy atom. The second kappa shape index (κ2) is 10.6. The zero-order chi connectivity index (χ0) is 21.3. The Kier molecular flexibility index (Phi) is 7.60. The van der Waals surface area contributed by atoms with Crippen molar-refractivity contribution < 1.29 is 14.4 Å². The van der Waals surface area contributed by atoms with E-state index in [-0.39, 0.29) is 30.2 Å². The fourth-order valence-corrected chi connectivity index (χ4v) is 3.72. The Morgan fingerprint density at radius 1 is 1.03 bits per heavy atom. The Morgan fingerprint density at radius 3 is 2.37 bits per heavy atom. The normalized spacial score (nSPS) is 17.1. The van der Waals surface area contributed by atoms with E-state index in [1.54, 1.807) is 17.0 Å². The predicted octanol–water partition coefficient (Wildman–Crippen LogP) is 3.07. The zero-order valence-corrected chi connectivity index (χ0v) is 17.3. The van der Waals surface area contributed by atoms with Gasteiger partial charge in [-0.05, 0) is 30.5 Å². The molecule has 1 heterocycles. The van der Waals surface area contributed by atoms with E-state index in [1.807, 2.05) is 55.5 Å². The first-order valence-electron chi connectivity index (χ1n) is 10.5. The van der Waals surface area contributed by atoms with E-state index in [9.17, 15) is 14.4 Å². The van der Waals surface area contributed by atoms with E-state index in [1.165, 1.54) is 0 Å². The lowest BCUT2D eigenvalue weighted by Gasteiger charge is -2.34. The number of hydrogen-bond acceptors (Lipinski definition) is 3. The molecule has 1 aliphatic rings. The van der Waals surface area contributed by atoms with Gasteiger partial charge in [-0.2, -0.15) is 0 Å². The van der Waals surface area contributed by atoms with Crippen LogP contribution in [0.1, 0.15) is 54.6 Å². The second-order valence-corrected chi connectivity index (χ2v) is 7.61. The molecular formula is C24H29N3O3. The Bertz CT molecular complexity index is 855. The van der Waals surface area contributed by atoms with E-state index in [2.05, 4.69) is 10.6 Å². The maximum Gasteiger partial charge on any atom is 0.251 e. The number of carbonyl (C=O) groups excluding carboxylic acids is 3. The summed E-state index contributed by atoms with van der Waals surface area (Å²) in [6.45, 7) is 3.01. The molecule has 0 radical (unpaired) electrons. The van der Waals surface area contributed by atoms with Gasteiger partial charge >= 0.3 is 0 Å². The first-order chi connectivity index (χ1) is 14.6. The van der Waals surface area contributed by atoms with Gasteiger partial charge in [-0.1, -0.05) is 55.5 Å². The fourth-order valence-electron chi connectivity index (χ4n) is 3.72. The molecule has 0 saturated carbocycles. The second-order valence-electron chi connectivity index (χ2n) is 7.61. The first kappa shape index (κ1) is 21.6. The number of rotatable bonds is 7. The summed E-state index contributed by atoms with van der Waals surface area (Å²) in [6.07, 6.45) is 2.35. The van der Waals surface area contributed by atoms with Crippen LogP contribution in [-0.4, -0.2) is 41.8 Å². The SMILES string of the molecule is CCC(=O)NC1CCCN(C(=O)CC(NC(=O)c2ccccc2)c2ccccc2)C1. The highest BCUT2D eigenvalue weighted by molar-refractivity contribution is 5.94. The molecule has 2 unspecified atom stereocenters. The molecule has 30 heavy (non-hydrogen) atoms. The monoisotopic (exact) mass is 407 g/mol. The Balaban J connectivity index is 1.69. The molecule has 2 aromatic carbocycles. The molecule has 1 saturated heterocycles. The number of hydrogen-bond donors (Lipinski definition) is 2. The van der Waals surface area contributed by atoms with Crippen LogP contribution in [0.4, 0.5) is 0 Å². The van der Waals surface area contributed by atoms with Crippen molar-refractivity contribution in [2.24, 2.45) is 0 Å². The van der Waals surface area contributed by atoms with Crippen LogP contribution in [0.25, 0.3) is 0 Å². The largest absolute Gasteiger partial charge is 0.352 e. The van der Waals surface area contributed by atoms with Crippen LogP contribution in [0.5, 0.6) is 0 Å². The molecule has 0 bridgehead atoms. The van der Waals surface area contributed by atoms with Crippen LogP contribution in [0.2, 0.25) is 0 Å². The third-order valence-corrected chi connectivity index (χ3v) is 5.38. The summed E-state index contributed by atoms with van der Waals surface area (Å²) >= 11 is 0. The van der Waals surface area contributed by atoms with E-state index >= 15 is 0 Å². The summed E-state index contributed by atoms with van der Waals surface area (Å²) in [5.74, 6) is -0.219. The van der Waals surface area contributed by atoms with Crippen molar-refractivity contribution in [3.63, 3.8) is 0 Å². The van der Waals surface area contributed by atoms with Crippen molar-refractivity contribution in [2.75, 3.05) is 13.1 Å². The van der Waals surface area contributed by atoms with Crippen molar-refractivity contribution >= 4 is 17.7 Å². The highest BCUT2D eigenvalue weighted by atomic mass is 16.2. The predicted molar refractivity (Wildman–Crippen MR) is 116 cm³/mol. The van der Waals surface area contributed by atoms with Gasteiger partial charge in [-0.25, -0.2) is 0 Å². The maximum absolute atomic E-state index is 13.1. The summed E-state index contributed by atoms with van der Waals surface area (Å²) in [7, 11) is 0. The average molecular weight is 408 g/mol. The summed E-state index contributed by atoms with van der Waals surface area (Å²) in [6, 6.07) is 18.1. The van der Waals surface area contributed by atoms with E-state index in [0.717, 1.165) is 18.4 Å². The standard InChI is InChI=1S/C24H29N3O3/c1-2-22(28)25-20-14-9-15-27(17-20)23(29)16-21(18-10-5-3-6-11-18)26-24(30)19-12-7-4-8-13-19/h3-8,10-13,20-21H,2,9,14-17H2,1H3,(H,25,28)(H,26,30). The van der Waals surface area contributed by atoms with Crippen LogP contribution in [-0.2, 0) is 9.59 Å². The van der Waals surface area contributed by atoms with Crippen LogP contribution < -0.4 is 10.6 Å². The molecule has 158 valence electrons. The molecule has 1 fully saturated rings. The lowest BCUT2D eigenvalue weighted by atomic mass is 10.00. The molecule has 3 amide bonds. The van der Waals surface area contributed by atoms with Gasteiger partial charge in [-0.15, -0.1) is 0 Å². The van der Waals surface area contributed by atoms with Gasteiger partial charge in [0.2, 0.25) is 11.8 Å². The van der Waals surface area contributed by atoms with Gasteiger partial charge in [-0.3, -0.25) is 14.4 Å². The molecule has 0 spiro atoms. The number of piperidine rings is 1. The molecule has 1 aliphatic heterocycles. The molecule has 0 aliphatic carbocycles. The van der Waals surface area contributed by atoms with Crippen LogP contribution in [0.3, 0.4) is 0 Å². The lowest BCUT2D eigenvalue weighted by molar-refractivity contribution is -0.134. The quantitative estimate of drug-likeness (QED) is 0.740. The topological polar surface area (TPSA) is 78.5 Å². The summed E-state index contributed by atoms with van der Waals surface area (Å²) < 4.78 is 0. The Labute approximate surface area is 177 Å². The molecule has 6 nitrogen and oxygen atoms in total. The van der Waals surface area contributed by atoms with Gasteiger partial charge in [0, 0.05) is 31.1 Å². The number of benzene rings is 2. The van der Waals surface area contributed by atoms with E-state index < -0.39 is 6.04 Å². The van der Waals surface area contributed by atoms with E-state index in [0.29, 0.717) is 25.1 Å². The van der Waals surface area contributed by atoms with Gasteiger partial charge in [0.05, 0.1) is 12.5 Å². The van der Waals surface area contributed by atoms with Crippen molar-refractivity contribution in [3.8, 4) is 0 Å². The third kappa shape index (κ3) is 5.92. The van der Waals surface area contributed by atoms with Gasteiger partial charge in [0.25, 0.3) is 5.91 Å². The minimum Gasteiger partial charge on any atom is -0.352 e. The minimum absolute atomic E-state index is 0.00610. The van der Waals surface area contributed by atoms with Gasteiger partial charge in [0.1, 0.15) is 0 Å². The van der Waals surface area contributed by atoms with Crippen molar-refractivity contribution in [3.05, 3.63) is 71.8 Å². The number of likely N-dealkylation sites (tertiary alicyclic amines) is 1. The minimum atomic E-state index is -0.419. The first-order valence-corrected chi connectivity index (χ1v) is 10.5. The van der Waals surface area contributed by atoms with Crippen molar-refractivity contribution in [2.45, 2.75) is 44.7 Å². The number of carbonyl (C=O) groups is 3. The number of nitrogens with zero attached hydrogens (tertiary/aromatic N) is 1. The van der Waals surface area contributed by atoms with Crippen LogP contribution in [0.15, 0.2) is 60.7 Å². The van der Waals surface area contributed by atoms with Gasteiger partial charge in [0.15, 0.2) is 0 Å². The third-order valence-electron chi connectivity index (χ3n) is 5.38. The molecule has 6 heteroatoms. The fraction of sp³-hybridized carbons (Fsp3) is 0.375. The lowest BCUT2D eigenvalue weighted by Crippen LogP contribution is -2.50.